The number of hydrogen-bond donors (Lipinski definition) is 1. The molecule has 0 spiro atoms. The highest BCUT2D eigenvalue weighted by Crippen LogP contribution is 2.36. The van der Waals surface area contributed by atoms with Crippen LogP contribution in [0.3, 0.4) is 0 Å². The van der Waals surface area contributed by atoms with Gasteiger partial charge in [0.25, 0.3) is 0 Å². The molecule has 1 fully saturated rings. The van der Waals surface area contributed by atoms with E-state index >= 15 is 0 Å². The van der Waals surface area contributed by atoms with E-state index < -0.39 is 23.7 Å². The van der Waals surface area contributed by atoms with Crippen molar-refractivity contribution in [3.63, 3.8) is 0 Å². The van der Waals surface area contributed by atoms with Gasteiger partial charge in [0.15, 0.2) is 5.69 Å². The normalized spacial score (nSPS) is 19.0. The van der Waals surface area contributed by atoms with Gasteiger partial charge in [-0.2, -0.15) is 18.3 Å². The number of carbonyl (C=O) groups excluding carboxylic acids is 1. The fourth-order valence-electron chi connectivity index (χ4n) is 4.54. The second kappa shape index (κ2) is 9.12. The third kappa shape index (κ3) is 5.18. The third-order valence-corrected chi connectivity index (χ3v) is 6.23. The van der Waals surface area contributed by atoms with Crippen molar-refractivity contribution in [1.82, 2.24) is 19.6 Å². The Morgan fingerprint density at radius 1 is 1.15 bits per heavy atom. The molecule has 178 valence electrons. The molecule has 1 aromatic heterocycles. The van der Waals surface area contributed by atoms with Crippen molar-refractivity contribution in [3.05, 3.63) is 52.6 Å². The second-order valence-electron chi connectivity index (χ2n) is 8.50. The number of aromatic nitrogens is 2. The predicted molar refractivity (Wildman–Crippen MR) is 109 cm³/mol. The fraction of sp³-hybridized carbons (Fsp3) is 0.500. The summed E-state index contributed by atoms with van der Waals surface area (Å²) in [7, 11) is 0. The molecule has 33 heavy (non-hydrogen) atoms. The molecular weight excluding hydrogens is 444 g/mol. The first-order chi connectivity index (χ1) is 15.6. The number of alkyl halides is 3. The van der Waals surface area contributed by atoms with Crippen LogP contribution >= 0.6 is 0 Å². The van der Waals surface area contributed by atoms with Crippen molar-refractivity contribution in [2.75, 3.05) is 26.2 Å². The summed E-state index contributed by atoms with van der Waals surface area (Å²) in [4.78, 5) is 27.4. The lowest BCUT2D eigenvalue weighted by Crippen LogP contribution is -2.41. The van der Waals surface area contributed by atoms with Gasteiger partial charge in [0, 0.05) is 25.2 Å². The van der Waals surface area contributed by atoms with Crippen molar-refractivity contribution in [2.45, 2.75) is 38.5 Å². The number of rotatable bonds is 6. The number of aliphatic carboxylic acids is 1. The first kappa shape index (κ1) is 23.2. The Hall–Kier alpha value is -2.95. The van der Waals surface area contributed by atoms with Crippen LogP contribution in [0.4, 0.5) is 17.6 Å². The van der Waals surface area contributed by atoms with Gasteiger partial charge in [-0.05, 0) is 37.1 Å². The number of likely N-dealkylation sites (tertiary alicyclic amines) is 1. The van der Waals surface area contributed by atoms with Crippen molar-refractivity contribution in [2.24, 2.45) is 5.92 Å². The Morgan fingerprint density at radius 2 is 1.88 bits per heavy atom. The highest BCUT2D eigenvalue weighted by Gasteiger charge is 2.41. The van der Waals surface area contributed by atoms with Crippen LogP contribution < -0.4 is 0 Å². The molecule has 4 rings (SSSR count). The van der Waals surface area contributed by atoms with Gasteiger partial charge in [-0.15, -0.1) is 0 Å². The van der Waals surface area contributed by atoms with Crippen molar-refractivity contribution < 1.29 is 32.3 Å². The molecule has 1 unspecified atom stereocenters. The Morgan fingerprint density at radius 3 is 2.55 bits per heavy atom. The first-order valence-corrected chi connectivity index (χ1v) is 10.7. The van der Waals surface area contributed by atoms with Crippen LogP contribution in [0.5, 0.6) is 0 Å². The maximum absolute atomic E-state index is 13.6. The maximum atomic E-state index is 13.6. The first-order valence-electron chi connectivity index (χ1n) is 10.7. The molecule has 3 heterocycles. The molecule has 0 radical (unpaired) electrons. The summed E-state index contributed by atoms with van der Waals surface area (Å²) in [5, 5.41) is 12.7. The van der Waals surface area contributed by atoms with Crippen LogP contribution in [0.2, 0.25) is 0 Å². The number of carboxylic acid groups (broad SMARTS) is 1. The maximum Gasteiger partial charge on any atom is 0.435 e. The van der Waals surface area contributed by atoms with Crippen LogP contribution in [-0.4, -0.2) is 62.7 Å². The summed E-state index contributed by atoms with van der Waals surface area (Å²) >= 11 is 0. The smallest absolute Gasteiger partial charge is 0.435 e. The van der Waals surface area contributed by atoms with Gasteiger partial charge in [-0.1, -0.05) is 12.1 Å². The van der Waals surface area contributed by atoms with Gasteiger partial charge >= 0.3 is 12.1 Å². The number of fused-ring (bicyclic) bond motifs is 1. The van der Waals surface area contributed by atoms with Crippen LogP contribution in [0, 0.1) is 11.7 Å². The molecule has 0 bridgehead atoms. The Kier molecular flexibility index (Phi) is 6.42. The Labute approximate surface area is 187 Å². The zero-order valence-electron chi connectivity index (χ0n) is 17.8. The average molecular weight is 468 g/mol. The SMILES string of the molecule is O=C(O)CCN1CCC(C(=O)N2CCc3c(C(F)(F)F)nn(Cc4ccc(F)cc4)c3C2)C1. The van der Waals surface area contributed by atoms with Crippen molar-refractivity contribution >= 4 is 11.9 Å². The molecule has 11 heteroatoms. The molecule has 1 atom stereocenters. The average Bonchev–Trinajstić information content (AvgIpc) is 3.38. The van der Waals surface area contributed by atoms with Gasteiger partial charge in [0.1, 0.15) is 5.82 Å². The van der Waals surface area contributed by atoms with Gasteiger partial charge in [-0.25, -0.2) is 4.39 Å². The van der Waals surface area contributed by atoms with E-state index in [2.05, 4.69) is 5.10 Å². The largest absolute Gasteiger partial charge is 0.481 e. The Bertz CT molecular complexity index is 1040. The van der Waals surface area contributed by atoms with Crippen LogP contribution in [0.1, 0.15) is 35.4 Å². The van der Waals surface area contributed by atoms with E-state index in [-0.39, 0.29) is 49.9 Å². The van der Waals surface area contributed by atoms with Gasteiger partial charge in [-0.3, -0.25) is 14.3 Å². The molecule has 2 aliphatic heterocycles. The molecule has 1 saturated heterocycles. The lowest BCUT2D eigenvalue weighted by molar-refractivity contribution is -0.142. The summed E-state index contributed by atoms with van der Waals surface area (Å²) in [6.07, 6.45) is -3.98. The van der Waals surface area contributed by atoms with E-state index in [0.29, 0.717) is 37.3 Å². The molecule has 1 N–H and O–H groups in total. The molecule has 1 aromatic carbocycles. The number of hydrogen-bond acceptors (Lipinski definition) is 4. The van der Waals surface area contributed by atoms with Crippen LogP contribution in [0.25, 0.3) is 0 Å². The standard InChI is InChI=1S/C22H24F4N4O3/c23-16-3-1-14(2-4-16)11-30-18-13-29(10-6-17(18)20(27-30)22(24,25)26)21(33)15-5-8-28(12-15)9-7-19(31)32/h1-4,15H,5-13H2,(H,31,32). The minimum absolute atomic E-state index is 0.00320. The van der Waals surface area contributed by atoms with E-state index in [0.717, 1.165) is 0 Å². The molecular formula is C22H24F4N4O3. The monoisotopic (exact) mass is 468 g/mol. The lowest BCUT2D eigenvalue weighted by Gasteiger charge is -2.30. The van der Waals surface area contributed by atoms with Crippen molar-refractivity contribution in [1.29, 1.82) is 0 Å². The van der Waals surface area contributed by atoms with E-state index in [9.17, 15) is 27.2 Å². The number of nitrogens with zero attached hydrogens (tertiary/aromatic N) is 4. The zero-order valence-corrected chi connectivity index (χ0v) is 17.8. The number of benzene rings is 1. The molecule has 2 aliphatic rings. The van der Waals surface area contributed by atoms with Crippen LogP contribution in [-0.2, 0) is 35.3 Å². The summed E-state index contributed by atoms with van der Waals surface area (Å²) in [6, 6.07) is 5.46. The summed E-state index contributed by atoms with van der Waals surface area (Å²) in [5.74, 6) is -1.79. The number of halogens is 4. The highest BCUT2D eigenvalue weighted by atomic mass is 19.4. The van der Waals surface area contributed by atoms with Crippen molar-refractivity contribution in [3.8, 4) is 0 Å². The molecule has 1 amide bonds. The van der Waals surface area contributed by atoms with Gasteiger partial charge in [0.05, 0.1) is 31.1 Å². The lowest BCUT2D eigenvalue weighted by atomic mass is 10.0. The summed E-state index contributed by atoms with van der Waals surface area (Å²) in [6.45, 7) is 1.64. The number of carbonyl (C=O) groups is 2. The molecule has 7 nitrogen and oxygen atoms in total. The minimum atomic E-state index is -4.61. The van der Waals surface area contributed by atoms with Crippen LogP contribution in [0.15, 0.2) is 24.3 Å². The Balaban J connectivity index is 1.52. The quantitative estimate of drug-likeness (QED) is 0.660. The number of amides is 1. The topological polar surface area (TPSA) is 78.7 Å². The second-order valence-corrected chi connectivity index (χ2v) is 8.50. The number of carboxylic acids is 1. The van der Waals surface area contributed by atoms with E-state index in [1.807, 2.05) is 4.90 Å². The van der Waals surface area contributed by atoms with E-state index in [1.165, 1.54) is 28.9 Å². The van der Waals surface area contributed by atoms with Gasteiger partial charge < -0.3 is 14.9 Å². The molecule has 0 aliphatic carbocycles. The fourth-order valence-corrected chi connectivity index (χ4v) is 4.54. The minimum Gasteiger partial charge on any atom is -0.481 e. The summed E-state index contributed by atoms with van der Waals surface area (Å²) < 4.78 is 55.3. The van der Waals surface area contributed by atoms with E-state index in [4.69, 9.17) is 5.11 Å². The van der Waals surface area contributed by atoms with E-state index in [1.54, 1.807) is 4.90 Å². The molecule has 2 aromatic rings. The van der Waals surface area contributed by atoms with Gasteiger partial charge in [0.2, 0.25) is 5.91 Å². The molecule has 0 saturated carbocycles. The zero-order chi connectivity index (χ0) is 23.8. The highest BCUT2D eigenvalue weighted by molar-refractivity contribution is 5.79. The third-order valence-electron chi connectivity index (χ3n) is 6.23. The predicted octanol–water partition coefficient (Wildman–Crippen LogP) is 2.77. The summed E-state index contributed by atoms with van der Waals surface area (Å²) in [5.41, 5.74) is 0.103.